The van der Waals surface area contributed by atoms with E-state index in [1.807, 2.05) is 19.1 Å². The Bertz CT molecular complexity index is 809. The van der Waals surface area contributed by atoms with E-state index in [9.17, 15) is 20.2 Å². The summed E-state index contributed by atoms with van der Waals surface area (Å²) in [6.45, 7) is 2.04. The molecule has 2 aromatic rings. The molecule has 116 valence electrons. The van der Waals surface area contributed by atoms with Crippen LogP contribution < -0.4 is 0 Å². The maximum absolute atomic E-state index is 11.1. The van der Waals surface area contributed by atoms with Gasteiger partial charge in [0.25, 0.3) is 11.4 Å². The third kappa shape index (κ3) is 1.75. The molecule has 0 N–H and O–H groups in total. The average molecular weight is 310 g/mol. The Morgan fingerprint density at radius 1 is 0.957 bits per heavy atom. The van der Waals surface area contributed by atoms with Crippen molar-refractivity contribution in [2.24, 2.45) is 0 Å². The molecule has 0 aliphatic heterocycles. The van der Waals surface area contributed by atoms with Gasteiger partial charge in [-0.2, -0.15) is 0 Å². The van der Waals surface area contributed by atoms with E-state index in [4.69, 9.17) is 0 Å². The molecule has 0 saturated carbocycles. The van der Waals surface area contributed by atoms with Crippen LogP contribution in [0.2, 0.25) is 0 Å². The Morgan fingerprint density at radius 2 is 1.43 bits per heavy atom. The Labute approximate surface area is 132 Å². The molecule has 0 aromatic heterocycles. The lowest BCUT2D eigenvalue weighted by atomic mass is 9.56. The Morgan fingerprint density at radius 3 is 1.87 bits per heavy atom. The first-order valence-corrected chi connectivity index (χ1v) is 7.49. The van der Waals surface area contributed by atoms with E-state index in [0.717, 1.165) is 35.1 Å². The Hall–Kier alpha value is -2.76. The van der Waals surface area contributed by atoms with E-state index >= 15 is 0 Å². The van der Waals surface area contributed by atoms with Gasteiger partial charge in [-0.1, -0.05) is 19.1 Å². The van der Waals surface area contributed by atoms with Crippen LogP contribution in [0.15, 0.2) is 36.4 Å². The minimum atomic E-state index is -0.405. The lowest BCUT2D eigenvalue weighted by Gasteiger charge is -2.47. The Kier molecular flexibility index (Phi) is 2.64. The highest BCUT2D eigenvalue weighted by atomic mass is 16.6. The maximum Gasteiger partial charge on any atom is 0.269 e. The van der Waals surface area contributed by atoms with Crippen molar-refractivity contribution in [3.63, 3.8) is 0 Å². The molecule has 0 amide bonds. The number of hydrogen-bond acceptors (Lipinski definition) is 4. The highest BCUT2D eigenvalue weighted by molar-refractivity contribution is 5.62. The van der Waals surface area contributed by atoms with Crippen molar-refractivity contribution >= 4 is 11.4 Å². The molecule has 3 aliphatic carbocycles. The predicted octanol–water partition coefficient (Wildman–Crippen LogP) is 4.05. The summed E-state index contributed by atoms with van der Waals surface area (Å²) in [5, 5.41) is 22.2. The van der Waals surface area contributed by atoms with E-state index in [-0.39, 0.29) is 27.1 Å². The van der Waals surface area contributed by atoms with Crippen molar-refractivity contribution in [2.45, 2.75) is 31.1 Å². The van der Waals surface area contributed by atoms with Crippen molar-refractivity contribution in [2.75, 3.05) is 0 Å². The molecule has 23 heavy (non-hydrogen) atoms. The average Bonchev–Trinajstić information content (AvgIpc) is 2.54. The summed E-state index contributed by atoms with van der Waals surface area (Å²) in [5.41, 5.74) is 3.86. The van der Waals surface area contributed by atoms with Gasteiger partial charge >= 0.3 is 0 Å². The second kappa shape index (κ2) is 4.38. The van der Waals surface area contributed by atoms with E-state index in [1.165, 1.54) is 0 Å². The third-order valence-electron chi connectivity index (χ3n) is 5.37. The number of non-ortho nitro benzene ring substituents is 2. The van der Waals surface area contributed by atoms with Crippen LogP contribution in [-0.4, -0.2) is 9.85 Å². The van der Waals surface area contributed by atoms with Crippen LogP contribution in [0.1, 0.15) is 47.9 Å². The van der Waals surface area contributed by atoms with Gasteiger partial charge in [0.2, 0.25) is 0 Å². The first-order chi connectivity index (χ1) is 10.9. The molecule has 6 nitrogen and oxygen atoms in total. The smallest absolute Gasteiger partial charge is 0.258 e. The summed E-state index contributed by atoms with van der Waals surface area (Å²) >= 11 is 0. The van der Waals surface area contributed by atoms with Crippen LogP contribution in [0, 0.1) is 20.2 Å². The summed E-state index contributed by atoms with van der Waals surface area (Å²) in [7, 11) is 0. The number of rotatable bonds is 2. The molecule has 2 bridgehead atoms. The van der Waals surface area contributed by atoms with E-state index in [2.05, 4.69) is 0 Å². The molecule has 0 spiro atoms. The molecular formula is C17H14N2O4. The summed E-state index contributed by atoms with van der Waals surface area (Å²) in [6.07, 6.45) is 1.81. The fourth-order valence-electron chi connectivity index (χ4n) is 4.21. The van der Waals surface area contributed by atoms with Crippen molar-refractivity contribution < 1.29 is 9.85 Å². The van der Waals surface area contributed by atoms with Gasteiger partial charge in [-0.15, -0.1) is 0 Å². The highest BCUT2D eigenvalue weighted by Crippen LogP contribution is 2.57. The molecule has 0 saturated heterocycles. The number of benzene rings is 2. The molecule has 0 fully saturated rings. The van der Waals surface area contributed by atoms with Crippen molar-refractivity contribution in [3.05, 3.63) is 78.9 Å². The van der Waals surface area contributed by atoms with E-state index < -0.39 is 5.41 Å². The first kappa shape index (κ1) is 13.9. The molecule has 0 radical (unpaired) electrons. The van der Waals surface area contributed by atoms with E-state index in [0.29, 0.717) is 0 Å². The third-order valence-corrected chi connectivity index (χ3v) is 5.37. The predicted molar refractivity (Wildman–Crippen MR) is 83.7 cm³/mol. The quantitative estimate of drug-likeness (QED) is 0.618. The van der Waals surface area contributed by atoms with Gasteiger partial charge in [0.15, 0.2) is 0 Å². The van der Waals surface area contributed by atoms with Crippen LogP contribution in [-0.2, 0) is 5.41 Å². The van der Waals surface area contributed by atoms with Gasteiger partial charge < -0.3 is 0 Å². The SMILES string of the molecule is CC12CCC(c3ccc([N+](=O)[O-])cc31)c1ccc([N+](=O)[O-])cc12. The van der Waals surface area contributed by atoms with Gasteiger partial charge in [-0.3, -0.25) is 20.2 Å². The second-order valence-electron chi connectivity index (χ2n) is 6.48. The topological polar surface area (TPSA) is 86.3 Å². The van der Waals surface area contributed by atoms with Gasteiger partial charge in [0.05, 0.1) is 9.85 Å². The van der Waals surface area contributed by atoms with Gasteiger partial charge in [-0.25, -0.2) is 0 Å². The molecule has 6 heteroatoms. The first-order valence-electron chi connectivity index (χ1n) is 7.49. The highest BCUT2D eigenvalue weighted by Gasteiger charge is 2.46. The van der Waals surface area contributed by atoms with Crippen LogP contribution >= 0.6 is 0 Å². The normalized spacial score (nSPS) is 24.0. The lowest BCUT2D eigenvalue weighted by molar-refractivity contribution is -0.385. The summed E-state index contributed by atoms with van der Waals surface area (Å²) in [5.74, 6) is 0.170. The molecule has 0 unspecified atom stereocenters. The van der Waals surface area contributed by atoms with Crippen molar-refractivity contribution in [3.8, 4) is 0 Å². The lowest BCUT2D eigenvalue weighted by Crippen LogP contribution is -2.37. The molecule has 5 rings (SSSR count). The number of nitrogens with zero attached hydrogens (tertiary/aromatic N) is 2. The fraction of sp³-hybridized carbons (Fsp3) is 0.294. The van der Waals surface area contributed by atoms with E-state index in [1.54, 1.807) is 24.3 Å². The zero-order valence-corrected chi connectivity index (χ0v) is 12.5. The zero-order valence-electron chi connectivity index (χ0n) is 12.5. The number of nitro groups is 2. The zero-order chi connectivity index (χ0) is 16.4. The second-order valence-corrected chi connectivity index (χ2v) is 6.48. The number of hydrogen-bond donors (Lipinski definition) is 0. The molecule has 3 aliphatic rings. The van der Waals surface area contributed by atoms with Gasteiger partial charge in [0, 0.05) is 35.6 Å². The largest absolute Gasteiger partial charge is 0.269 e. The van der Waals surface area contributed by atoms with Crippen LogP contribution in [0.4, 0.5) is 11.4 Å². The standard InChI is InChI=1S/C17H14N2O4/c1-17-7-6-12(13-4-2-10(18(20)21)8-15(13)17)14-5-3-11(19(22)23)9-16(14)17/h2-5,8-9,12H,6-7H2,1H3. The van der Waals surface area contributed by atoms with Crippen molar-refractivity contribution in [1.82, 2.24) is 0 Å². The molecule has 2 aromatic carbocycles. The fourth-order valence-corrected chi connectivity index (χ4v) is 4.21. The Balaban J connectivity index is 1.98. The van der Waals surface area contributed by atoms with Crippen LogP contribution in [0.5, 0.6) is 0 Å². The molecular weight excluding hydrogens is 296 g/mol. The van der Waals surface area contributed by atoms with Crippen LogP contribution in [0.25, 0.3) is 0 Å². The molecule has 0 atom stereocenters. The monoisotopic (exact) mass is 310 g/mol. The summed E-state index contributed by atoms with van der Waals surface area (Å²) in [4.78, 5) is 21.4. The van der Waals surface area contributed by atoms with Crippen molar-refractivity contribution in [1.29, 1.82) is 0 Å². The number of fused-ring (bicyclic) bond motifs is 1. The summed E-state index contributed by atoms with van der Waals surface area (Å²) < 4.78 is 0. The number of nitro benzene ring substituents is 2. The minimum absolute atomic E-state index is 0.0736. The molecule has 0 heterocycles. The maximum atomic E-state index is 11.1. The summed E-state index contributed by atoms with van der Waals surface area (Å²) in [6, 6.07) is 10.1. The van der Waals surface area contributed by atoms with Crippen LogP contribution in [0.3, 0.4) is 0 Å². The minimum Gasteiger partial charge on any atom is -0.258 e. The van der Waals surface area contributed by atoms with Gasteiger partial charge in [0.1, 0.15) is 0 Å². The van der Waals surface area contributed by atoms with Gasteiger partial charge in [-0.05, 0) is 35.1 Å².